The van der Waals surface area contributed by atoms with Crippen LogP contribution in [0.25, 0.3) is 10.2 Å². The van der Waals surface area contributed by atoms with Gasteiger partial charge in [-0.25, -0.2) is 4.98 Å². The van der Waals surface area contributed by atoms with Crippen molar-refractivity contribution in [1.82, 2.24) is 4.98 Å². The second-order valence-electron chi connectivity index (χ2n) is 4.39. The molecule has 0 atom stereocenters. The van der Waals surface area contributed by atoms with E-state index in [0.717, 1.165) is 20.1 Å². The molecule has 0 fully saturated rings. The Kier molecular flexibility index (Phi) is 4.63. The van der Waals surface area contributed by atoms with Crippen LogP contribution in [-0.4, -0.2) is 22.8 Å². The summed E-state index contributed by atoms with van der Waals surface area (Å²) in [6, 6.07) is 15.8. The number of thioether (sulfide) groups is 2. The van der Waals surface area contributed by atoms with E-state index in [4.69, 9.17) is 0 Å². The van der Waals surface area contributed by atoms with Crippen molar-refractivity contribution < 1.29 is 4.79 Å². The Balaban J connectivity index is 1.67. The van der Waals surface area contributed by atoms with E-state index in [0.29, 0.717) is 5.75 Å². The largest absolute Gasteiger partial charge is 0.293 e. The molecule has 0 spiro atoms. The predicted octanol–water partition coefficient (Wildman–Crippen LogP) is 4.99. The Hall–Kier alpha value is -1.30. The maximum atomic E-state index is 12.2. The lowest BCUT2D eigenvalue weighted by Crippen LogP contribution is -2.01. The summed E-state index contributed by atoms with van der Waals surface area (Å²) < 4.78 is 2.11. The molecule has 0 radical (unpaired) electrons. The molecule has 1 heterocycles. The number of para-hydroxylation sites is 1. The molecular formula is C16H13NOS3. The van der Waals surface area contributed by atoms with Gasteiger partial charge in [0.15, 0.2) is 10.1 Å². The van der Waals surface area contributed by atoms with E-state index in [-0.39, 0.29) is 5.78 Å². The lowest BCUT2D eigenvalue weighted by atomic mass is 10.1. The monoisotopic (exact) mass is 331 g/mol. The van der Waals surface area contributed by atoms with E-state index < -0.39 is 0 Å². The van der Waals surface area contributed by atoms with Crippen LogP contribution < -0.4 is 0 Å². The molecule has 0 aliphatic carbocycles. The van der Waals surface area contributed by atoms with Gasteiger partial charge in [0.25, 0.3) is 0 Å². The van der Waals surface area contributed by atoms with Gasteiger partial charge in [0.05, 0.1) is 16.0 Å². The second kappa shape index (κ2) is 6.64. The number of carbonyl (C=O) groups excluding carboxylic acids is 1. The average molecular weight is 331 g/mol. The van der Waals surface area contributed by atoms with Gasteiger partial charge < -0.3 is 0 Å². The summed E-state index contributed by atoms with van der Waals surface area (Å²) in [6.45, 7) is 0. The first-order chi connectivity index (χ1) is 10.3. The third-order valence-electron chi connectivity index (χ3n) is 3.01. The van der Waals surface area contributed by atoms with Crippen molar-refractivity contribution in [3.05, 3.63) is 54.1 Å². The van der Waals surface area contributed by atoms with Crippen LogP contribution in [-0.2, 0) is 0 Å². The summed E-state index contributed by atoms with van der Waals surface area (Å²) in [5.41, 5.74) is 1.77. The Labute approximate surface area is 136 Å². The van der Waals surface area contributed by atoms with Crippen molar-refractivity contribution in [2.75, 3.05) is 12.0 Å². The minimum atomic E-state index is 0.145. The van der Waals surface area contributed by atoms with Crippen LogP contribution in [0.1, 0.15) is 10.4 Å². The van der Waals surface area contributed by atoms with Crippen LogP contribution in [0.3, 0.4) is 0 Å². The molecule has 3 aromatic rings. The molecule has 1 aromatic heterocycles. The summed E-state index contributed by atoms with van der Waals surface area (Å²) in [6.07, 6.45) is 2.03. The van der Waals surface area contributed by atoms with Crippen molar-refractivity contribution in [2.24, 2.45) is 0 Å². The second-order valence-corrected chi connectivity index (χ2v) is 7.52. The van der Waals surface area contributed by atoms with Gasteiger partial charge >= 0.3 is 0 Å². The maximum Gasteiger partial charge on any atom is 0.173 e. The topological polar surface area (TPSA) is 30.0 Å². The van der Waals surface area contributed by atoms with E-state index in [1.54, 1.807) is 23.1 Å². The van der Waals surface area contributed by atoms with E-state index in [1.807, 2.05) is 48.7 Å². The number of nitrogens with zero attached hydrogens (tertiary/aromatic N) is 1. The number of hydrogen-bond donors (Lipinski definition) is 0. The van der Waals surface area contributed by atoms with Crippen LogP contribution in [0.2, 0.25) is 0 Å². The third kappa shape index (κ3) is 3.48. The number of carbonyl (C=O) groups is 1. The summed E-state index contributed by atoms with van der Waals surface area (Å²) in [5, 5.41) is 0. The quantitative estimate of drug-likeness (QED) is 0.486. The maximum absolute atomic E-state index is 12.2. The fourth-order valence-corrected chi connectivity index (χ4v) is 4.27. The summed E-state index contributed by atoms with van der Waals surface area (Å²) in [5.74, 6) is 0.574. The first kappa shape index (κ1) is 14.6. The molecule has 2 nitrogen and oxygen atoms in total. The average Bonchev–Trinajstić information content (AvgIpc) is 2.95. The highest BCUT2D eigenvalue weighted by atomic mass is 32.2. The SMILES string of the molecule is CSc1ccc(C(=O)CSc2nc3ccccc3s2)cc1. The standard InChI is InChI=1S/C16H13NOS3/c1-19-12-8-6-11(7-9-12)14(18)10-20-16-17-13-4-2-3-5-15(13)21-16/h2-9H,10H2,1H3. The first-order valence-corrected chi connectivity index (χ1v) is 9.44. The molecule has 3 rings (SSSR count). The molecule has 0 aliphatic heterocycles. The van der Waals surface area contributed by atoms with Gasteiger partial charge in [-0.1, -0.05) is 36.0 Å². The number of thiazole rings is 1. The fraction of sp³-hybridized carbons (Fsp3) is 0.125. The smallest absolute Gasteiger partial charge is 0.173 e. The minimum Gasteiger partial charge on any atom is -0.293 e. The lowest BCUT2D eigenvalue weighted by Gasteiger charge is -2.01. The lowest BCUT2D eigenvalue weighted by molar-refractivity contribution is 0.102. The van der Waals surface area contributed by atoms with Crippen LogP contribution in [0.4, 0.5) is 0 Å². The van der Waals surface area contributed by atoms with Crippen LogP contribution in [0, 0.1) is 0 Å². The molecule has 0 bridgehead atoms. The highest BCUT2D eigenvalue weighted by Crippen LogP contribution is 2.29. The number of aromatic nitrogens is 1. The van der Waals surface area contributed by atoms with Gasteiger partial charge in [-0.2, -0.15) is 0 Å². The van der Waals surface area contributed by atoms with Crippen molar-refractivity contribution in [2.45, 2.75) is 9.24 Å². The third-order valence-corrected chi connectivity index (χ3v) is 5.94. The van der Waals surface area contributed by atoms with Crippen molar-refractivity contribution in [1.29, 1.82) is 0 Å². The van der Waals surface area contributed by atoms with Crippen molar-refractivity contribution >= 4 is 50.9 Å². The van der Waals surface area contributed by atoms with Crippen molar-refractivity contribution in [3.8, 4) is 0 Å². The fourth-order valence-electron chi connectivity index (χ4n) is 1.90. The predicted molar refractivity (Wildman–Crippen MR) is 92.9 cm³/mol. The highest BCUT2D eigenvalue weighted by molar-refractivity contribution is 8.01. The molecule has 0 saturated heterocycles. The zero-order chi connectivity index (χ0) is 14.7. The van der Waals surface area contributed by atoms with E-state index in [1.165, 1.54) is 16.7 Å². The zero-order valence-corrected chi connectivity index (χ0v) is 13.9. The van der Waals surface area contributed by atoms with E-state index >= 15 is 0 Å². The number of fused-ring (bicyclic) bond motifs is 1. The number of benzene rings is 2. The van der Waals surface area contributed by atoms with Crippen LogP contribution >= 0.6 is 34.9 Å². The van der Waals surface area contributed by atoms with Crippen LogP contribution in [0.15, 0.2) is 57.8 Å². The summed E-state index contributed by atoms with van der Waals surface area (Å²) >= 11 is 4.83. The molecule has 0 unspecified atom stereocenters. The molecule has 5 heteroatoms. The molecule has 0 N–H and O–H groups in total. The Morgan fingerprint density at radius 2 is 1.90 bits per heavy atom. The van der Waals surface area contributed by atoms with Crippen LogP contribution in [0.5, 0.6) is 0 Å². The van der Waals surface area contributed by atoms with E-state index in [9.17, 15) is 4.79 Å². The number of ketones is 1. The van der Waals surface area contributed by atoms with Gasteiger partial charge in [-0.3, -0.25) is 4.79 Å². The van der Waals surface area contributed by atoms with Gasteiger partial charge in [0, 0.05) is 10.5 Å². The van der Waals surface area contributed by atoms with E-state index in [2.05, 4.69) is 11.1 Å². The number of hydrogen-bond acceptors (Lipinski definition) is 5. The molecule has 21 heavy (non-hydrogen) atoms. The van der Waals surface area contributed by atoms with Gasteiger partial charge in [-0.05, 0) is 30.5 Å². The van der Waals surface area contributed by atoms with Gasteiger partial charge in [0.1, 0.15) is 0 Å². The number of rotatable bonds is 5. The molecule has 0 aliphatic rings. The molecule has 2 aromatic carbocycles. The molecule has 0 saturated carbocycles. The Morgan fingerprint density at radius 1 is 1.14 bits per heavy atom. The molecule has 106 valence electrons. The number of Topliss-reactive ketones (excluding diaryl/α,β-unsaturated/α-hetero) is 1. The highest BCUT2D eigenvalue weighted by Gasteiger charge is 2.09. The molecular weight excluding hydrogens is 318 g/mol. The van der Waals surface area contributed by atoms with Crippen molar-refractivity contribution in [3.63, 3.8) is 0 Å². The van der Waals surface area contributed by atoms with Gasteiger partial charge in [-0.15, -0.1) is 23.1 Å². The summed E-state index contributed by atoms with van der Waals surface area (Å²) in [7, 11) is 0. The normalized spacial score (nSPS) is 10.9. The zero-order valence-electron chi connectivity index (χ0n) is 11.4. The Bertz CT molecular complexity index is 732. The first-order valence-electron chi connectivity index (χ1n) is 6.42. The van der Waals surface area contributed by atoms with Gasteiger partial charge in [0.2, 0.25) is 0 Å². The Morgan fingerprint density at radius 3 is 2.62 bits per heavy atom. The minimum absolute atomic E-state index is 0.145. The summed E-state index contributed by atoms with van der Waals surface area (Å²) in [4.78, 5) is 17.9. The molecule has 0 amide bonds.